The Morgan fingerprint density at radius 2 is 2.17 bits per heavy atom. The van der Waals surface area contributed by atoms with Crippen LogP contribution in [0, 0.1) is 0 Å². The van der Waals surface area contributed by atoms with Crippen molar-refractivity contribution >= 4 is 11.8 Å². The molecule has 2 N–H and O–H groups in total. The van der Waals surface area contributed by atoms with Gasteiger partial charge in [0.1, 0.15) is 12.1 Å². The quantitative estimate of drug-likeness (QED) is 0.595. The Bertz CT molecular complexity index is 438. The molecule has 5 heteroatoms. The summed E-state index contributed by atoms with van der Waals surface area (Å²) in [6, 6.07) is 1.96. The number of allylic oxidation sites excluding steroid dienone is 2. The van der Waals surface area contributed by atoms with E-state index in [0.29, 0.717) is 18.9 Å². The number of aromatic nitrogens is 2. The van der Waals surface area contributed by atoms with Gasteiger partial charge in [-0.1, -0.05) is 12.2 Å². The number of carboxylic acids is 1. The van der Waals surface area contributed by atoms with Gasteiger partial charge in [0.25, 0.3) is 0 Å². The zero-order chi connectivity index (χ0) is 12.8. The van der Waals surface area contributed by atoms with Crippen molar-refractivity contribution < 1.29 is 9.90 Å². The van der Waals surface area contributed by atoms with Crippen LogP contribution >= 0.6 is 0 Å². The average molecular weight is 247 g/mol. The summed E-state index contributed by atoms with van der Waals surface area (Å²) < 4.78 is 0. The van der Waals surface area contributed by atoms with Crippen molar-refractivity contribution in [2.45, 2.75) is 31.6 Å². The normalized spacial score (nSPS) is 14.9. The maximum Gasteiger partial charge on any atom is 0.303 e. The lowest BCUT2D eigenvalue weighted by Gasteiger charge is -2.10. The highest BCUT2D eigenvalue weighted by Crippen LogP contribution is 2.28. The lowest BCUT2D eigenvalue weighted by Crippen LogP contribution is -2.07. The molecule has 0 radical (unpaired) electrons. The van der Waals surface area contributed by atoms with Gasteiger partial charge in [-0.2, -0.15) is 0 Å². The van der Waals surface area contributed by atoms with E-state index in [1.807, 2.05) is 6.07 Å². The predicted octanol–water partition coefficient (Wildman–Crippen LogP) is 2.19. The van der Waals surface area contributed by atoms with Crippen molar-refractivity contribution in [1.82, 2.24) is 9.97 Å². The van der Waals surface area contributed by atoms with E-state index >= 15 is 0 Å². The topological polar surface area (TPSA) is 75.1 Å². The Hall–Kier alpha value is -1.91. The van der Waals surface area contributed by atoms with Gasteiger partial charge in [0.05, 0.1) is 0 Å². The number of rotatable bonds is 6. The van der Waals surface area contributed by atoms with Gasteiger partial charge in [0, 0.05) is 30.6 Å². The molecule has 1 aliphatic rings. The van der Waals surface area contributed by atoms with E-state index in [9.17, 15) is 4.79 Å². The molecule has 0 aliphatic heterocycles. The fourth-order valence-corrected chi connectivity index (χ4v) is 2.01. The van der Waals surface area contributed by atoms with Crippen LogP contribution in [0.4, 0.5) is 5.82 Å². The van der Waals surface area contributed by atoms with Crippen molar-refractivity contribution in [3.8, 4) is 0 Å². The van der Waals surface area contributed by atoms with Crippen molar-refractivity contribution in [3.05, 3.63) is 30.2 Å². The molecule has 0 spiro atoms. The van der Waals surface area contributed by atoms with Crippen LogP contribution in [0.1, 0.15) is 37.3 Å². The number of nitrogens with one attached hydrogen (secondary N) is 1. The molecule has 0 saturated carbocycles. The first-order valence-corrected chi connectivity index (χ1v) is 6.18. The molecular weight excluding hydrogens is 230 g/mol. The number of nitrogens with zero attached hydrogens (tertiary/aromatic N) is 2. The summed E-state index contributed by atoms with van der Waals surface area (Å²) in [5, 5.41) is 11.7. The van der Waals surface area contributed by atoms with Crippen molar-refractivity contribution in [2.24, 2.45) is 0 Å². The number of anilines is 1. The highest BCUT2D eigenvalue weighted by molar-refractivity contribution is 5.66. The standard InChI is InChI=1S/C13H17N3O2/c17-13(18)6-3-7-14-12-8-11(15-9-16-12)10-4-1-2-5-10/h1-2,8-10H,3-7H2,(H,17,18)(H,14,15,16). The van der Waals surface area contributed by atoms with E-state index in [4.69, 9.17) is 5.11 Å². The largest absolute Gasteiger partial charge is 0.481 e. The summed E-state index contributed by atoms with van der Waals surface area (Å²) in [6.07, 6.45) is 8.76. The Balaban J connectivity index is 1.85. The van der Waals surface area contributed by atoms with E-state index in [-0.39, 0.29) is 6.42 Å². The van der Waals surface area contributed by atoms with Crippen LogP contribution < -0.4 is 5.32 Å². The van der Waals surface area contributed by atoms with Crippen LogP contribution in [0.3, 0.4) is 0 Å². The zero-order valence-electron chi connectivity index (χ0n) is 10.2. The first-order valence-electron chi connectivity index (χ1n) is 6.18. The molecule has 1 heterocycles. The number of aliphatic carboxylic acids is 1. The van der Waals surface area contributed by atoms with E-state index in [1.54, 1.807) is 6.33 Å². The molecule has 0 fully saturated rings. The van der Waals surface area contributed by atoms with E-state index in [0.717, 1.165) is 24.4 Å². The van der Waals surface area contributed by atoms with Crippen molar-refractivity contribution in [2.75, 3.05) is 11.9 Å². The Morgan fingerprint density at radius 3 is 2.89 bits per heavy atom. The molecule has 1 aromatic rings. The van der Waals surface area contributed by atoms with Crippen LogP contribution in [0.15, 0.2) is 24.5 Å². The first-order chi connectivity index (χ1) is 8.75. The maximum atomic E-state index is 10.4. The minimum atomic E-state index is -0.766. The molecule has 96 valence electrons. The smallest absolute Gasteiger partial charge is 0.303 e. The highest BCUT2D eigenvalue weighted by atomic mass is 16.4. The fraction of sp³-hybridized carbons (Fsp3) is 0.462. The second-order valence-corrected chi connectivity index (χ2v) is 4.39. The lowest BCUT2D eigenvalue weighted by atomic mass is 10.0. The first kappa shape index (κ1) is 12.5. The second kappa shape index (κ2) is 6.14. The van der Waals surface area contributed by atoms with Gasteiger partial charge < -0.3 is 10.4 Å². The van der Waals surface area contributed by atoms with Gasteiger partial charge in [-0.15, -0.1) is 0 Å². The summed E-state index contributed by atoms with van der Waals surface area (Å²) in [5.41, 5.74) is 1.05. The lowest BCUT2D eigenvalue weighted by molar-refractivity contribution is -0.137. The van der Waals surface area contributed by atoms with Gasteiger partial charge in [0.15, 0.2) is 0 Å². The molecule has 0 bridgehead atoms. The summed E-state index contributed by atoms with van der Waals surface area (Å²) >= 11 is 0. The van der Waals surface area contributed by atoms with Gasteiger partial charge in [-0.3, -0.25) is 4.79 Å². The number of carboxylic acid groups (broad SMARTS) is 1. The SMILES string of the molecule is O=C(O)CCCNc1cc(C2CC=CC2)ncn1. The highest BCUT2D eigenvalue weighted by Gasteiger charge is 2.14. The van der Waals surface area contributed by atoms with Gasteiger partial charge in [-0.25, -0.2) is 9.97 Å². The third-order valence-electron chi connectivity index (χ3n) is 2.99. The van der Waals surface area contributed by atoms with Crippen LogP contribution in [0.5, 0.6) is 0 Å². The van der Waals surface area contributed by atoms with E-state index in [2.05, 4.69) is 27.4 Å². The molecule has 2 rings (SSSR count). The van der Waals surface area contributed by atoms with Crippen LogP contribution in [-0.2, 0) is 4.79 Å². The van der Waals surface area contributed by atoms with Crippen molar-refractivity contribution in [3.63, 3.8) is 0 Å². The minimum absolute atomic E-state index is 0.178. The van der Waals surface area contributed by atoms with Crippen LogP contribution in [0.2, 0.25) is 0 Å². The summed E-state index contributed by atoms with van der Waals surface area (Å²) in [5.74, 6) is 0.474. The Kier molecular flexibility index (Phi) is 4.28. The second-order valence-electron chi connectivity index (χ2n) is 4.39. The predicted molar refractivity (Wildman–Crippen MR) is 68.5 cm³/mol. The van der Waals surface area contributed by atoms with Gasteiger partial charge in [0.2, 0.25) is 0 Å². The van der Waals surface area contributed by atoms with E-state index < -0.39 is 5.97 Å². The monoisotopic (exact) mass is 247 g/mol. The third-order valence-corrected chi connectivity index (χ3v) is 2.99. The molecule has 0 saturated heterocycles. The molecular formula is C13H17N3O2. The minimum Gasteiger partial charge on any atom is -0.481 e. The summed E-state index contributed by atoms with van der Waals surface area (Å²) in [6.45, 7) is 0.617. The number of carbonyl (C=O) groups is 1. The molecule has 1 aliphatic carbocycles. The van der Waals surface area contributed by atoms with Gasteiger partial charge in [-0.05, 0) is 19.3 Å². The number of hydrogen-bond donors (Lipinski definition) is 2. The average Bonchev–Trinajstić information content (AvgIpc) is 2.89. The summed E-state index contributed by atoms with van der Waals surface area (Å²) in [4.78, 5) is 18.8. The summed E-state index contributed by atoms with van der Waals surface area (Å²) in [7, 11) is 0. The van der Waals surface area contributed by atoms with E-state index in [1.165, 1.54) is 0 Å². The van der Waals surface area contributed by atoms with Crippen LogP contribution in [-0.4, -0.2) is 27.6 Å². The van der Waals surface area contributed by atoms with Crippen molar-refractivity contribution in [1.29, 1.82) is 0 Å². The molecule has 18 heavy (non-hydrogen) atoms. The molecule has 0 aromatic carbocycles. The Morgan fingerprint density at radius 1 is 1.39 bits per heavy atom. The molecule has 5 nitrogen and oxygen atoms in total. The number of hydrogen-bond acceptors (Lipinski definition) is 4. The van der Waals surface area contributed by atoms with Gasteiger partial charge >= 0.3 is 5.97 Å². The molecule has 1 aromatic heterocycles. The molecule has 0 amide bonds. The fourth-order valence-electron chi connectivity index (χ4n) is 2.01. The molecule has 0 unspecified atom stereocenters. The molecule has 0 atom stereocenters. The maximum absolute atomic E-state index is 10.4. The zero-order valence-corrected chi connectivity index (χ0v) is 10.2. The Labute approximate surface area is 106 Å². The third kappa shape index (κ3) is 3.55. The van der Waals surface area contributed by atoms with Crippen LogP contribution in [0.25, 0.3) is 0 Å².